The molecule has 0 aromatic rings. The van der Waals surface area contributed by atoms with E-state index in [0.29, 0.717) is 12.8 Å². The molecule has 0 aliphatic heterocycles. The fourth-order valence-corrected chi connectivity index (χ4v) is 1.85. The molecule has 1 rings (SSSR count). The highest BCUT2D eigenvalue weighted by molar-refractivity contribution is 5.75. The Balaban J connectivity index is 2.40. The van der Waals surface area contributed by atoms with Gasteiger partial charge in [-0.15, -0.1) is 0 Å². The van der Waals surface area contributed by atoms with E-state index in [4.69, 9.17) is 5.11 Å². The molecule has 1 aliphatic rings. The number of carboxylic acids is 1. The number of hydrogen-bond acceptors (Lipinski definition) is 2. The zero-order chi connectivity index (χ0) is 12.3. The molecule has 1 saturated carbocycles. The van der Waals surface area contributed by atoms with Crippen molar-refractivity contribution in [3.63, 3.8) is 0 Å². The molecule has 0 spiro atoms. The van der Waals surface area contributed by atoms with Crippen LogP contribution in [0.25, 0.3) is 0 Å². The zero-order valence-corrected chi connectivity index (χ0v) is 10.1. The minimum absolute atomic E-state index is 0.00907. The molecular formula is C11H20N2O3. The van der Waals surface area contributed by atoms with Gasteiger partial charge >= 0.3 is 12.0 Å². The first-order valence-electron chi connectivity index (χ1n) is 5.68. The first-order valence-corrected chi connectivity index (χ1v) is 5.68. The summed E-state index contributed by atoms with van der Waals surface area (Å²) in [6, 6.07) is 0.0394. The van der Waals surface area contributed by atoms with E-state index in [9.17, 15) is 9.59 Å². The van der Waals surface area contributed by atoms with Gasteiger partial charge in [-0.25, -0.2) is 4.79 Å². The Morgan fingerprint density at radius 3 is 2.44 bits per heavy atom. The second-order valence-electron chi connectivity index (χ2n) is 4.70. The minimum atomic E-state index is -0.756. The van der Waals surface area contributed by atoms with Crippen molar-refractivity contribution in [2.24, 2.45) is 5.92 Å². The summed E-state index contributed by atoms with van der Waals surface area (Å²) in [6.07, 6.45) is 1.97. The molecule has 5 nitrogen and oxygen atoms in total. The SMILES string of the molecule is CC(C)N(C)C(=O)NC1CCC(C(=O)O)C1. The molecule has 0 radical (unpaired) electrons. The summed E-state index contributed by atoms with van der Waals surface area (Å²) in [6.45, 7) is 3.88. The number of carboxylic acid groups (broad SMARTS) is 1. The Morgan fingerprint density at radius 1 is 1.38 bits per heavy atom. The van der Waals surface area contributed by atoms with Crippen molar-refractivity contribution in [2.45, 2.75) is 45.2 Å². The molecule has 0 saturated heterocycles. The molecule has 0 heterocycles. The van der Waals surface area contributed by atoms with E-state index in [1.165, 1.54) is 0 Å². The highest BCUT2D eigenvalue weighted by Gasteiger charge is 2.31. The predicted molar refractivity (Wildman–Crippen MR) is 60.2 cm³/mol. The summed E-state index contributed by atoms with van der Waals surface area (Å²) in [5, 5.41) is 11.7. The Kier molecular flexibility index (Phi) is 4.15. The number of rotatable bonds is 3. The lowest BCUT2D eigenvalue weighted by Gasteiger charge is -2.24. The summed E-state index contributed by atoms with van der Waals surface area (Å²) in [5.41, 5.74) is 0. The summed E-state index contributed by atoms with van der Waals surface area (Å²) in [4.78, 5) is 24.1. The van der Waals surface area contributed by atoms with E-state index >= 15 is 0 Å². The number of urea groups is 1. The molecule has 0 bridgehead atoms. The third-order valence-corrected chi connectivity index (χ3v) is 3.20. The Morgan fingerprint density at radius 2 is 2.00 bits per heavy atom. The smallest absolute Gasteiger partial charge is 0.317 e. The zero-order valence-electron chi connectivity index (χ0n) is 10.1. The molecule has 1 aliphatic carbocycles. The van der Waals surface area contributed by atoms with Gasteiger partial charge in [0, 0.05) is 19.1 Å². The Hall–Kier alpha value is -1.26. The maximum atomic E-state index is 11.7. The van der Waals surface area contributed by atoms with Crippen molar-refractivity contribution in [1.29, 1.82) is 0 Å². The van der Waals surface area contributed by atoms with E-state index in [1.807, 2.05) is 13.8 Å². The van der Waals surface area contributed by atoms with Crippen LogP contribution in [0.3, 0.4) is 0 Å². The molecule has 2 amide bonds. The third-order valence-electron chi connectivity index (χ3n) is 3.20. The molecule has 0 aromatic heterocycles. The van der Waals surface area contributed by atoms with Crippen LogP contribution in [-0.4, -0.2) is 41.1 Å². The van der Waals surface area contributed by atoms with Crippen molar-refractivity contribution in [1.82, 2.24) is 10.2 Å². The number of carbonyl (C=O) groups excluding carboxylic acids is 1. The van der Waals surface area contributed by atoms with Crippen LogP contribution in [0.5, 0.6) is 0 Å². The van der Waals surface area contributed by atoms with Crippen LogP contribution < -0.4 is 5.32 Å². The van der Waals surface area contributed by atoms with Crippen LogP contribution in [0.15, 0.2) is 0 Å². The topological polar surface area (TPSA) is 69.6 Å². The highest BCUT2D eigenvalue weighted by Crippen LogP contribution is 2.25. The molecule has 5 heteroatoms. The maximum Gasteiger partial charge on any atom is 0.317 e. The first-order chi connectivity index (χ1) is 7.41. The standard InChI is InChI=1S/C11H20N2O3/c1-7(2)13(3)11(16)12-9-5-4-8(6-9)10(14)15/h7-9H,4-6H2,1-3H3,(H,12,16)(H,14,15). The average molecular weight is 228 g/mol. The van der Waals surface area contributed by atoms with Crippen molar-refractivity contribution in [3.05, 3.63) is 0 Å². The van der Waals surface area contributed by atoms with E-state index in [2.05, 4.69) is 5.32 Å². The molecule has 16 heavy (non-hydrogen) atoms. The monoisotopic (exact) mass is 228 g/mol. The Labute approximate surface area is 95.8 Å². The number of carbonyl (C=O) groups is 2. The van der Waals surface area contributed by atoms with Gasteiger partial charge in [0.05, 0.1) is 5.92 Å². The molecular weight excluding hydrogens is 208 g/mol. The van der Waals surface area contributed by atoms with Crippen LogP contribution in [0.2, 0.25) is 0 Å². The van der Waals surface area contributed by atoms with Gasteiger partial charge in [0.15, 0.2) is 0 Å². The first kappa shape index (κ1) is 12.8. The predicted octanol–water partition coefficient (Wildman–Crippen LogP) is 1.29. The van der Waals surface area contributed by atoms with Gasteiger partial charge in [0.1, 0.15) is 0 Å². The van der Waals surface area contributed by atoms with E-state index in [0.717, 1.165) is 6.42 Å². The second-order valence-corrected chi connectivity index (χ2v) is 4.70. The lowest BCUT2D eigenvalue weighted by Crippen LogP contribution is -2.45. The summed E-state index contributed by atoms with van der Waals surface area (Å²) < 4.78 is 0. The fourth-order valence-electron chi connectivity index (χ4n) is 1.85. The van der Waals surface area contributed by atoms with Crippen molar-refractivity contribution in [2.75, 3.05) is 7.05 Å². The highest BCUT2D eigenvalue weighted by atomic mass is 16.4. The lowest BCUT2D eigenvalue weighted by molar-refractivity contribution is -0.141. The number of amides is 2. The van der Waals surface area contributed by atoms with Gasteiger partial charge < -0.3 is 15.3 Å². The van der Waals surface area contributed by atoms with Crippen LogP contribution >= 0.6 is 0 Å². The molecule has 2 N–H and O–H groups in total. The summed E-state index contributed by atoms with van der Waals surface area (Å²) in [7, 11) is 1.74. The molecule has 2 unspecified atom stereocenters. The van der Waals surface area contributed by atoms with Crippen molar-refractivity contribution in [3.8, 4) is 0 Å². The number of hydrogen-bond donors (Lipinski definition) is 2. The van der Waals surface area contributed by atoms with Gasteiger partial charge in [-0.05, 0) is 33.1 Å². The normalized spacial score (nSPS) is 24.5. The molecule has 0 aromatic carbocycles. The molecule has 2 atom stereocenters. The van der Waals surface area contributed by atoms with Gasteiger partial charge in [-0.3, -0.25) is 4.79 Å². The number of aliphatic carboxylic acids is 1. The van der Waals surface area contributed by atoms with Gasteiger partial charge in [-0.1, -0.05) is 0 Å². The molecule has 1 fully saturated rings. The summed E-state index contributed by atoms with van der Waals surface area (Å²) >= 11 is 0. The van der Waals surface area contributed by atoms with Crippen LogP contribution in [0.1, 0.15) is 33.1 Å². The summed E-state index contributed by atoms with van der Waals surface area (Å²) in [5.74, 6) is -1.05. The van der Waals surface area contributed by atoms with E-state index < -0.39 is 5.97 Å². The van der Waals surface area contributed by atoms with Gasteiger partial charge in [0.25, 0.3) is 0 Å². The average Bonchev–Trinajstić information content (AvgIpc) is 2.64. The quantitative estimate of drug-likeness (QED) is 0.764. The fraction of sp³-hybridized carbons (Fsp3) is 0.818. The van der Waals surface area contributed by atoms with Crippen LogP contribution in [-0.2, 0) is 4.79 Å². The molecule has 92 valence electrons. The van der Waals surface area contributed by atoms with Crippen molar-refractivity contribution >= 4 is 12.0 Å². The number of nitrogens with one attached hydrogen (secondary N) is 1. The Bertz CT molecular complexity index is 278. The van der Waals surface area contributed by atoms with Gasteiger partial charge in [-0.2, -0.15) is 0 Å². The van der Waals surface area contributed by atoms with Crippen LogP contribution in [0, 0.1) is 5.92 Å². The largest absolute Gasteiger partial charge is 0.481 e. The van der Waals surface area contributed by atoms with Gasteiger partial charge in [0.2, 0.25) is 0 Å². The van der Waals surface area contributed by atoms with Crippen molar-refractivity contribution < 1.29 is 14.7 Å². The maximum absolute atomic E-state index is 11.7. The number of nitrogens with zero attached hydrogens (tertiary/aromatic N) is 1. The lowest BCUT2D eigenvalue weighted by atomic mass is 10.1. The van der Waals surface area contributed by atoms with E-state index in [1.54, 1.807) is 11.9 Å². The van der Waals surface area contributed by atoms with E-state index in [-0.39, 0.29) is 24.0 Å². The minimum Gasteiger partial charge on any atom is -0.481 e. The van der Waals surface area contributed by atoms with Crippen LogP contribution in [0.4, 0.5) is 4.79 Å². The second kappa shape index (κ2) is 5.18. The third kappa shape index (κ3) is 3.12.